The Bertz CT molecular complexity index is 821. The van der Waals surface area contributed by atoms with Crippen LogP contribution in [0.25, 0.3) is 0 Å². The average Bonchev–Trinajstić information content (AvgIpc) is 2.91. The molecule has 0 aliphatic carbocycles. The van der Waals surface area contributed by atoms with Gasteiger partial charge >= 0.3 is 0 Å². The molecule has 0 saturated heterocycles. The van der Waals surface area contributed by atoms with Gasteiger partial charge in [-0.3, -0.25) is 9.52 Å². The van der Waals surface area contributed by atoms with Crippen LogP contribution in [0.15, 0.2) is 41.4 Å². The van der Waals surface area contributed by atoms with Crippen LogP contribution in [0.3, 0.4) is 0 Å². The summed E-state index contributed by atoms with van der Waals surface area (Å²) in [4.78, 5) is 13.2. The minimum absolute atomic E-state index is 0.0294. The van der Waals surface area contributed by atoms with Crippen molar-refractivity contribution >= 4 is 21.7 Å². The van der Waals surface area contributed by atoms with Crippen molar-refractivity contribution in [3.8, 4) is 0 Å². The number of nitrogens with one attached hydrogen (secondary N) is 1. The molecule has 0 saturated carbocycles. The summed E-state index contributed by atoms with van der Waals surface area (Å²) in [6.07, 6.45) is 1.46. The Labute approximate surface area is 128 Å². The van der Waals surface area contributed by atoms with E-state index in [4.69, 9.17) is 0 Å². The molecular weight excluding hydrogens is 304 g/mol. The molecule has 0 unspecified atom stereocenters. The number of hydrogen-bond acceptors (Lipinski definition) is 5. The lowest BCUT2D eigenvalue weighted by atomic mass is 10.1. The van der Waals surface area contributed by atoms with Gasteiger partial charge in [-0.05, 0) is 35.4 Å². The second kappa shape index (κ2) is 5.38. The van der Waals surface area contributed by atoms with Crippen LogP contribution in [0.1, 0.15) is 18.1 Å². The van der Waals surface area contributed by atoms with Gasteiger partial charge in [0.25, 0.3) is 10.0 Å². The molecule has 114 valence electrons. The summed E-state index contributed by atoms with van der Waals surface area (Å²) in [5.41, 5.74) is 1.81. The SMILES string of the molecule is CC(=O)N1Cc2ccc(S(=O)(=O)Nc3cccnn3)cc2C1. The first-order valence-electron chi connectivity index (χ1n) is 6.63. The summed E-state index contributed by atoms with van der Waals surface area (Å²) in [7, 11) is -3.73. The standard InChI is InChI=1S/C14H14N4O3S/c1-10(19)18-8-11-4-5-13(7-12(11)9-18)22(20,21)17-14-3-2-6-15-16-14/h2-7H,8-9H2,1H3,(H,16,17). The third-order valence-corrected chi connectivity index (χ3v) is 4.82. The van der Waals surface area contributed by atoms with Crippen LogP contribution in [0.2, 0.25) is 0 Å². The fraction of sp³-hybridized carbons (Fsp3) is 0.214. The number of amides is 1. The number of aromatic nitrogens is 2. The monoisotopic (exact) mass is 318 g/mol. The van der Waals surface area contributed by atoms with Crippen molar-refractivity contribution in [2.45, 2.75) is 24.9 Å². The third kappa shape index (κ3) is 2.77. The van der Waals surface area contributed by atoms with E-state index in [0.717, 1.165) is 11.1 Å². The smallest absolute Gasteiger partial charge is 0.263 e. The van der Waals surface area contributed by atoms with Crippen molar-refractivity contribution in [3.05, 3.63) is 47.7 Å². The highest BCUT2D eigenvalue weighted by molar-refractivity contribution is 7.92. The molecule has 0 atom stereocenters. The van der Waals surface area contributed by atoms with Crippen molar-refractivity contribution in [2.24, 2.45) is 0 Å². The van der Waals surface area contributed by atoms with Crippen LogP contribution in [0, 0.1) is 0 Å². The lowest BCUT2D eigenvalue weighted by molar-refractivity contribution is -0.129. The summed E-state index contributed by atoms with van der Waals surface area (Å²) in [6.45, 7) is 2.45. The van der Waals surface area contributed by atoms with Gasteiger partial charge in [0.05, 0.1) is 4.90 Å². The highest BCUT2D eigenvalue weighted by atomic mass is 32.2. The van der Waals surface area contributed by atoms with E-state index in [9.17, 15) is 13.2 Å². The molecule has 3 rings (SSSR count). The number of benzene rings is 1. The van der Waals surface area contributed by atoms with E-state index in [1.807, 2.05) is 0 Å². The topological polar surface area (TPSA) is 92.3 Å². The number of rotatable bonds is 3. The second-order valence-corrected chi connectivity index (χ2v) is 6.70. The number of anilines is 1. The number of hydrogen-bond donors (Lipinski definition) is 1. The van der Waals surface area contributed by atoms with Crippen molar-refractivity contribution in [3.63, 3.8) is 0 Å². The molecule has 0 radical (unpaired) electrons. The molecule has 1 N–H and O–H groups in total. The number of carbonyl (C=O) groups excluding carboxylic acids is 1. The van der Waals surface area contributed by atoms with E-state index in [1.54, 1.807) is 23.1 Å². The zero-order chi connectivity index (χ0) is 15.7. The molecule has 8 heteroatoms. The zero-order valence-electron chi connectivity index (χ0n) is 11.9. The first kappa shape index (κ1) is 14.5. The maximum absolute atomic E-state index is 12.4. The highest BCUT2D eigenvalue weighted by Gasteiger charge is 2.23. The van der Waals surface area contributed by atoms with Crippen molar-refractivity contribution in [1.29, 1.82) is 0 Å². The number of sulfonamides is 1. The predicted molar refractivity (Wildman–Crippen MR) is 79.2 cm³/mol. The van der Waals surface area contributed by atoms with Crippen LogP contribution in [-0.4, -0.2) is 29.4 Å². The maximum atomic E-state index is 12.4. The van der Waals surface area contributed by atoms with E-state index in [1.165, 1.54) is 25.3 Å². The number of nitrogens with zero attached hydrogens (tertiary/aromatic N) is 3. The van der Waals surface area contributed by atoms with Crippen LogP contribution in [-0.2, 0) is 27.9 Å². The van der Waals surface area contributed by atoms with E-state index in [-0.39, 0.29) is 16.6 Å². The zero-order valence-corrected chi connectivity index (χ0v) is 12.7. The Hall–Kier alpha value is -2.48. The molecule has 0 fully saturated rings. The van der Waals surface area contributed by atoms with E-state index in [2.05, 4.69) is 14.9 Å². The molecule has 22 heavy (non-hydrogen) atoms. The van der Waals surface area contributed by atoms with Gasteiger partial charge in [-0.15, -0.1) is 5.10 Å². The van der Waals surface area contributed by atoms with Gasteiger partial charge < -0.3 is 4.90 Å². The van der Waals surface area contributed by atoms with Gasteiger partial charge in [0, 0.05) is 26.2 Å². The summed E-state index contributed by atoms with van der Waals surface area (Å²) < 4.78 is 27.1. The summed E-state index contributed by atoms with van der Waals surface area (Å²) in [5, 5.41) is 7.33. The lowest BCUT2D eigenvalue weighted by Gasteiger charge is -2.11. The number of fused-ring (bicyclic) bond motifs is 1. The largest absolute Gasteiger partial charge is 0.334 e. The van der Waals surface area contributed by atoms with Crippen LogP contribution < -0.4 is 4.72 Å². The van der Waals surface area contributed by atoms with Gasteiger partial charge in [0.2, 0.25) is 5.91 Å². The van der Waals surface area contributed by atoms with Crippen LogP contribution >= 0.6 is 0 Å². The molecule has 0 bridgehead atoms. The Morgan fingerprint density at radius 1 is 1.23 bits per heavy atom. The van der Waals surface area contributed by atoms with Crippen molar-refractivity contribution in [1.82, 2.24) is 15.1 Å². The van der Waals surface area contributed by atoms with Gasteiger partial charge in [0.1, 0.15) is 0 Å². The lowest BCUT2D eigenvalue weighted by Crippen LogP contribution is -2.21. The molecule has 1 aliphatic heterocycles. The van der Waals surface area contributed by atoms with E-state index in [0.29, 0.717) is 13.1 Å². The Balaban J connectivity index is 1.88. The molecule has 1 aromatic heterocycles. The summed E-state index contributed by atoms with van der Waals surface area (Å²) in [6, 6.07) is 7.98. The van der Waals surface area contributed by atoms with E-state index >= 15 is 0 Å². The molecule has 1 aromatic carbocycles. The van der Waals surface area contributed by atoms with Gasteiger partial charge in [-0.25, -0.2) is 8.42 Å². The molecular formula is C14H14N4O3S. The molecule has 2 heterocycles. The second-order valence-electron chi connectivity index (χ2n) is 5.02. The van der Waals surface area contributed by atoms with Crippen LogP contribution in [0.5, 0.6) is 0 Å². The first-order valence-corrected chi connectivity index (χ1v) is 8.12. The minimum atomic E-state index is -3.73. The van der Waals surface area contributed by atoms with Gasteiger partial charge in [0.15, 0.2) is 5.82 Å². The highest BCUT2D eigenvalue weighted by Crippen LogP contribution is 2.26. The van der Waals surface area contributed by atoms with Crippen molar-refractivity contribution < 1.29 is 13.2 Å². The molecule has 1 aliphatic rings. The quantitative estimate of drug-likeness (QED) is 0.916. The van der Waals surface area contributed by atoms with E-state index < -0.39 is 10.0 Å². The van der Waals surface area contributed by atoms with Gasteiger partial charge in [-0.2, -0.15) is 5.10 Å². The maximum Gasteiger partial charge on any atom is 0.263 e. The minimum Gasteiger partial charge on any atom is -0.334 e. The normalized spacial score (nSPS) is 13.8. The molecule has 0 spiro atoms. The number of carbonyl (C=O) groups is 1. The Morgan fingerprint density at radius 2 is 2.00 bits per heavy atom. The Morgan fingerprint density at radius 3 is 2.68 bits per heavy atom. The first-order chi connectivity index (χ1) is 10.5. The fourth-order valence-corrected chi connectivity index (χ4v) is 3.36. The summed E-state index contributed by atoms with van der Waals surface area (Å²) >= 11 is 0. The van der Waals surface area contributed by atoms with Gasteiger partial charge in [-0.1, -0.05) is 6.07 Å². The Kier molecular flexibility index (Phi) is 3.53. The predicted octanol–water partition coefficient (Wildman–Crippen LogP) is 1.14. The average molecular weight is 318 g/mol. The molecule has 7 nitrogen and oxygen atoms in total. The van der Waals surface area contributed by atoms with Crippen molar-refractivity contribution in [2.75, 3.05) is 4.72 Å². The fourth-order valence-electron chi connectivity index (χ4n) is 2.31. The molecule has 1 amide bonds. The summed E-state index contributed by atoms with van der Waals surface area (Å²) in [5.74, 6) is 0.131. The molecule has 2 aromatic rings. The third-order valence-electron chi connectivity index (χ3n) is 3.47. The van der Waals surface area contributed by atoms with Crippen LogP contribution in [0.4, 0.5) is 5.82 Å².